The summed E-state index contributed by atoms with van der Waals surface area (Å²) in [6.45, 7) is 0. The third kappa shape index (κ3) is 7.57. The fourth-order valence-electron chi connectivity index (χ4n) is 7.15. The molecule has 5 atom stereocenters. The minimum absolute atomic E-state index is 0.557. The predicted molar refractivity (Wildman–Crippen MR) is 203 cm³/mol. The molecule has 0 amide bonds. The Morgan fingerprint density at radius 1 is 0.339 bits per heavy atom. The van der Waals surface area contributed by atoms with E-state index >= 15 is 4.79 Å². The van der Waals surface area contributed by atoms with E-state index in [-0.39, 0.29) is 0 Å². The Bertz CT molecular complexity index is 2620. The molecule has 0 saturated carbocycles. The van der Waals surface area contributed by atoms with Crippen molar-refractivity contribution >= 4 is 28.9 Å². The molecule has 322 valence electrons. The van der Waals surface area contributed by atoms with Crippen LogP contribution in [0.5, 0.6) is 86.2 Å². The normalized spacial score (nSPS) is 18.5. The standard InChI is InChI=1S/C41H32O21/c42-17(12-1-18(43)36(57)19(44)2-12)11-28-29(32(53)13-3-20(45)37(58)21(46)4-13)30(33(54)14-5-22(47)38(59)23(48)6-14)31(34(55)15-7-24(49)39(60)25(50)8-15)41(62-28)35(56)16-9-26(51)40(61)27(52)10-16/h1-10,28-31,41,43-52,57-61H,11H2. The van der Waals surface area contributed by atoms with E-state index in [1.807, 2.05) is 0 Å². The van der Waals surface area contributed by atoms with Crippen molar-refractivity contribution in [3.8, 4) is 86.2 Å². The Morgan fingerprint density at radius 2 is 0.581 bits per heavy atom. The van der Waals surface area contributed by atoms with Gasteiger partial charge in [-0.15, -0.1) is 0 Å². The molecule has 5 aromatic carbocycles. The monoisotopic (exact) mass is 860 g/mol. The van der Waals surface area contributed by atoms with Gasteiger partial charge < -0.3 is 81.3 Å². The summed E-state index contributed by atoms with van der Waals surface area (Å²) in [6.07, 6.45) is -5.83. The van der Waals surface area contributed by atoms with E-state index in [4.69, 9.17) is 4.74 Å². The molecule has 21 nitrogen and oxygen atoms in total. The third-order valence-electron chi connectivity index (χ3n) is 10.2. The smallest absolute Gasteiger partial charge is 0.200 e. The number of carbonyl (C=O) groups excluding carboxylic acids is 5. The second-order valence-electron chi connectivity index (χ2n) is 14.1. The maximum atomic E-state index is 15.0. The molecule has 15 N–H and O–H groups in total. The van der Waals surface area contributed by atoms with E-state index in [2.05, 4.69) is 0 Å². The molecule has 5 aromatic rings. The number of hydrogen-bond donors (Lipinski definition) is 15. The van der Waals surface area contributed by atoms with Gasteiger partial charge in [-0.25, -0.2) is 0 Å². The molecule has 0 aliphatic carbocycles. The summed E-state index contributed by atoms with van der Waals surface area (Å²) in [4.78, 5) is 73.3. The van der Waals surface area contributed by atoms with Gasteiger partial charge >= 0.3 is 0 Å². The van der Waals surface area contributed by atoms with Crippen molar-refractivity contribution in [1.29, 1.82) is 0 Å². The molecule has 1 heterocycles. The topological polar surface area (TPSA) is 398 Å². The van der Waals surface area contributed by atoms with Gasteiger partial charge in [0, 0.05) is 40.2 Å². The van der Waals surface area contributed by atoms with Gasteiger partial charge in [0.1, 0.15) is 6.10 Å². The number of phenolic OH excluding ortho intramolecular Hbond substituents is 15. The highest BCUT2D eigenvalue weighted by Gasteiger charge is 2.57. The second-order valence-corrected chi connectivity index (χ2v) is 14.1. The summed E-state index contributed by atoms with van der Waals surface area (Å²) >= 11 is 0. The summed E-state index contributed by atoms with van der Waals surface area (Å²) in [5.41, 5.74) is -3.72. The van der Waals surface area contributed by atoms with Crippen LogP contribution in [0.2, 0.25) is 0 Å². The van der Waals surface area contributed by atoms with Crippen molar-refractivity contribution in [2.75, 3.05) is 0 Å². The van der Waals surface area contributed by atoms with E-state index < -0.39 is 179 Å². The average molecular weight is 861 g/mol. The van der Waals surface area contributed by atoms with Crippen LogP contribution in [-0.2, 0) is 4.74 Å². The molecule has 1 saturated heterocycles. The maximum absolute atomic E-state index is 15.0. The molecule has 0 radical (unpaired) electrons. The number of ether oxygens (including phenoxy) is 1. The van der Waals surface area contributed by atoms with E-state index in [1.165, 1.54) is 0 Å². The van der Waals surface area contributed by atoms with Crippen LogP contribution in [0.3, 0.4) is 0 Å². The van der Waals surface area contributed by atoms with Crippen LogP contribution in [0.15, 0.2) is 60.7 Å². The molecule has 0 spiro atoms. The highest BCUT2D eigenvalue weighted by atomic mass is 16.5. The number of rotatable bonds is 11. The fourth-order valence-corrected chi connectivity index (χ4v) is 7.15. The predicted octanol–water partition coefficient (Wildman–Crippen LogP) is 2.99. The van der Waals surface area contributed by atoms with Crippen LogP contribution in [0.25, 0.3) is 0 Å². The number of phenols is 15. The number of carbonyl (C=O) groups is 5. The second kappa shape index (κ2) is 15.9. The van der Waals surface area contributed by atoms with Gasteiger partial charge in [0.2, 0.25) is 0 Å². The highest BCUT2D eigenvalue weighted by molar-refractivity contribution is 6.14. The lowest BCUT2D eigenvalue weighted by Crippen LogP contribution is -2.58. The summed E-state index contributed by atoms with van der Waals surface area (Å²) in [7, 11) is 0. The quantitative estimate of drug-likeness (QED) is 0.0670. The zero-order valence-corrected chi connectivity index (χ0v) is 31.0. The van der Waals surface area contributed by atoms with Gasteiger partial charge in [-0.1, -0.05) is 0 Å². The van der Waals surface area contributed by atoms with E-state index in [0.29, 0.717) is 60.7 Å². The molecule has 1 aliphatic rings. The number of Topliss-reactive ketones (excluding diaryl/α,β-unsaturated/α-hetero) is 5. The maximum Gasteiger partial charge on any atom is 0.200 e. The van der Waals surface area contributed by atoms with E-state index in [1.54, 1.807) is 0 Å². The first-order valence-electron chi connectivity index (χ1n) is 17.6. The van der Waals surface area contributed by atoms with Crippen LogP contribution in [0, 0.1) is 17.8 Å². The van der Waals surface area contributed by atoms with Crippen molar-refractivity contribution in [2.24, 2.45) is 17.8 Å². The van der Waals surface area contributed by atoms with Gasteiger partial charge in [0.25, 0.3) is 0 Å². The summed E-state index contributed by atoms with van der Waals surface area (Å²) < 4.78 is 6.10. The van der Waals surface area contributed by atoms with Gasteiger partial charge in [-0.3, -0.25) is 24.0 Å². The Kier molecular flexibility index (Phi) is 11.0. The summed E-state index contributed by atoms with van der Waals surface area (Å²) in [5.74, 6) is -30.9. The van der Waals surface area contributed by atoms with Gasteiger partial charge in [-0.05, 0) is 60.7 Å². The molecule has 21 heteroatoms. The molecule has 1 fully saturated rings. The molecule has 62 heavy (non-hydrogen) atoms. The minimum atomic E-state index is -2.48. The molecule has 5 unspecified atom stereocenters. The highest BCUT2D eigenvalue weighted by Crippen LogP contribution is 2.48. The summed E-state index contributed by atoms with van der Waals surface area (Å²) in [5, 5.41) is 153. The SMILES string of the molecule is O=C(CC1OC(C(=O)c2cc(O)c(O)c(O)c2)C(C(=O)c2cc(O)c(O)c(O)c2)C(C(=O)c2cc(O)c(O)c(O)c2)C1C(=O)c1cc(O)c(O)c(O)c1)c1cc(O)c(O)c(O)c1. The largest absolute Gasteiger partial charge is 0.504 e. The lowest BCUT2D eigenvalue weighted by molar-refractivity contribution is -0.0955. The fraction of sp³-hybridized carbons (Fsp3) is 0.146. The zero-order chi connectivity index (χ0) is 45.8. The van der Waals surface area contributed by atoms with Gasteiger partial charge in [0.15, 0.2) is 115 Å². The molecular weight excluding hydrogens is 828 g/mol. The van der Waals surface area contributed by atoms with E-state index in [9.17, 15) is 95.8 Å². The van der Waals surface area contributed by atoms with E-state index in [0.717, 1.165) is 0 Å². The van der Waals surface area contributed by atoms with Crippen LogP contribution < -0.4 is 0 Å². The van der Waals surface area contributed by atoms with Crippen molar-refractivity contribution in [2.45, 2.75) is 18.6 Å². The Labute approximate surface area is 345 Å². The third-order valence-corrected chi connectivity index (χ3v) is 10.2. The lowest BCUT2D eigenvalue weighted by atomic mass is 9.64. The van der Waals surface area contributed by atoms with Crippen LogP contribution in [0.4, 0.5) is 0 Å². The average Bonchev–Trinajstić information content (AvgIpc) is 3.22. The number of aromatic hydroxyl groups is 15. The first kappa shape index (κ1) is 43.0. The number of ketones is 5. The molecule has 0 aromatic heterocycles. The van der Waals surface area contributed by atoms with Gasteiger partial charge in [-0.2, -0.15) is 0 Å². The van der Waals surface area contributed by atoms with Crippen molar-refractivity contribution in [1.82, 2.24) is 0 Å². The van der Waals surface area contributed by atoms with Crippen molar-refractivity contribution < 1.29 is 105 Å². The van der Waals surface area contributed by atoms with Crippen LogP contribution >= 0.6 is 0 Å². The Hall–Kier alpha value is -8.59. The Balaban J connectivity index is 1.69. The first-order chi connectivity index (χ1) is 29.0. The minimum Gasteiger partial charge on any atom is -0.504 e. The molecule has 0 bridgehead atoms. The van der Waals surface area contributed by atoms with Gasteiger partial charge in [0.05, 0.1) is 17.9 Å². The van der Waals surface area contributed by atoms with Crippen molar-refractivity contribution in [3.05, 3.63) is 88.5 Å². The summed E-state index contributed by atoms with van der Waals surface area (Å²) in [6, 6.07) is 5.88. The van der Waals surface area contributed by atoms with Crippen LogP contribution in [0.1, 0.15) is 58.2 Å². The lowest BCUT2D eigenvalue weighted by Gasteiger charge is -2.45. The molecule has 1 aliphatic heterocycles. The number of benzene rings is 5. The number of hydrogen-bond acceptors (Lipinski definition) is 21. The molecular formula is C41H32O21. The van der Waals surface area contributed by atoms with Crippen molar-refractivity contribution in [3.63, 3.8) is 0 Å². The first-order valence-corrected chi connectivity index (χ1v) is 17.6. The zero-order valence-electron chi connectivity index (χ0n) is 31.0. The van der Waals surface area contributed by atoms with Crippen LogP contribution in [-0.4, -0.2) is 118 Å². The Morgan fingerprint density at radius 3 is 0.887 bits per heavy atom. The molecule has 6 rings (SSSR count).